The van der Waals surface area contributed by atoms with E-state index in [4.69, 9.17) is 4.98 Å². The standard InChI is InChI=1S/C15H26N2S/c1-6-16-12(11-7-10(11)2)8-14-17-13(9-18-14)15(3,4)5/h9-12,16H,6-8H2,1-5H3. The number of rotatable bonds is 5. The molecule has 0 spiro atoms. The van der Waals surface area contributed by atoms with Crippen LogP contribution in [0.5, 0.6) is 0 Å². The van der Waals surface area contributed by atoms with Gasteiger partial charge in [-0.3, -0.25) is 0 Å². The molecular formula is C15H26N2S. The maximum Gasteiger partial charge on any atom is 0.0944 e. The van der Waals surface area contributed by atoms with E-state index >= 15 is 0 Å². The molecule has 18 heavy (non-hydrogen) atoms. The molecule has 0 aliphatic heterocycles. The molecule has 1 heterocycles. The second-order valence-electron chi connectivity index (χ2n) is 6.62. The van der Waals surface area contributed by atoms with Gasteiger partial charge in [0.25, 0.3) is 0 Å². The lowest BCUT2D eigenvalue weighted by Crippen LogP contribution is -2.33. The minimum atomic E-state index is 0.176. The average molecular weight is 266 g/mol. The van der Waals surface area contributed by atoms with Crippen molar-refractivity contribution in [3.05, 3.63) is 16.1 Å². The van der Waals surface area contributed by atoms with Gasteiger partial charge in [0.2, 0.25) is 0 Å². The number of aromatic nitrogens is 1. The van der Waals surface area contributed by atoms with Gasteiger partial charge in [-0.25, -0.2) is 4.98 Å². The molecule has 1 aliphatic rings. The van der Waals surface area contributed by atoms with Crippen molar-refractivity contribution >= 4 is 11.3 Å². The van der Waals surface area contributed by atoms with Gasteiger partial charge < -0.3 is 5.32 Å². The first-order chi connectivity index (χ1) is 8.41. The van der Waals surface area contributed by atoms with E-state index < -0.39 is 0 Å². The predicted molar refractivity (Wildman–Crippen MR) is 79.3 cm³/mol. The summed E-state index contributed by atoms with van der Waals surface area (Å²) in [5.41, 5.74) is 1.41. The van der Waals surface area contributed by atoms with E-state index in [0.717, 1.165) is 24.8 Å². The van der Waals surface area contributed by atoms with Crippen molar-refractivity contribution < 1.29 is 0 Å². The van der Waals surface area contributed by atoms with Crippen LogP contribution >= 0.6 is 11.3 Å². The van der Waals surface area contributed by atoms with Crippen molar-refractivity contribution in [2.45, 2.75) is 58.9 Å². The third-order valence-electron chi connectivity index (χ3n) is 3.87. The Balaban J connectivity index is 2.00. The summed E-state index contributed by atoms with van der Waals surface area (Å²) in [6.07, 6.45) is 2.48. The Morgan fingerprint density at radius 1 is 1.50 bits per heavy atom. The topological polar surface area (TPSA) is 24.9 Å². The Morgan fingerprint density at radius 3 is 2.61 bits per heavy atom. The Bertz CT molecular complexity index is 391. The lowest BCUT2D eigenvalue weighted by Gasteiger charge is -2.17. The van der Waals surface area contributed by atoms with Crippen LogP contribution < -0.4 is 5.32 Å². The average Bonchev–Trinajstić information content (AvgIpc) is 2.79. The van der Waals surface area contributed by atoms with Crippen molar-refractivity contribution in [1.29, 1.82) is 0 Å². The molecule has 0 amide bonds. The highest BCUT2D eigenvalue weighted by molar-refractivity contribution is 7.09. The Hall–Kier alpha value is -0.410. The number of thiazole rings is 1. The molecule has 1 aromatic rings. The highest BCUT2D eigenvalue weighted by atomic mass is 32.1. The first kappa shape index (κ1) is 14.0. The van der Waals surface area contributed by atoms with E-state index in [1.165, 1.54) is 17.1 Å². The molecule has 0 aromatic carbocycles. The summed E-state index contributed by atoms with van der Waals surface area (Å²) < 4.78 is 0. The second-order valence-corrected chi connectivity index (χ2v) is 7.56. The molecule has 3 heteroatoms. The second kappa shape index (κ2) is 5.30. The van der Waals surface area contributed by atoms with Crippen molar-refractivity contribution in [3.63, 3.8) is 0 Å². The number of nitrogens with zero attached hydrogens (tertiary/aromatic N) is 1. The number of likely N-dealkylation sites (N-methyl/N-ethyl adjacent to an activating group) is 1. The maximum atomic E-state index is 4.82. The molecule has 3 atom stereocenters. The van der Waals surface area contributed by atoms with Crippen LogP contribution in [0.25, 0.3) is 0 Å². The lowest BCUT2D eigenvalue weighted by atomic mass is 9.93. The Kier molecular flexibility index (Phi) is 4.12. The highest BCUT2D eigenvalue weighted by Gasteiger charge is 2.39. The molecule has 1 fully saturated rings. The van der Waals surface area contributed by atoms with Crippen LogP contribution in [0, 0.1) is 11.8 Å². The zero-order valence-electron chi connectivity index (χ0n) is 12.3. The SMILES string of the molecule is CCNC(Cc1nc(C(C)(C)C)cs1)C1CC1C. The molecule has 0 saturated heterocycles. The van der Waals surface area contributed by atoms with Crippen molar-refractivity contribution in [2.75, 3.05) is 6.54 Å². The zero-order valence-corrected chi connectivity index (χ0v) is 13.1. The smallest absolute Gasteiger partial charge is 0.0944 e. The van der Waals surface area contributed by atoms with Crippen molar-refractivity contribution in [2.24, 2.45) is 11.8 Å². The molecule has 2 nitrogen and oxygen atoms in total. The molecular weight excluding hydrogens is 240 g/mol. The molecule has 3 unspecified atom stereocenters. The van der Waals surface area contributed by atoms with Gasteiger partial charge in [-0.15, -0.1) is 11.3 Å². The first-order valence-electron chi connectivity index (χ1n) is 7.10. The van der Waals surface area contributed by atoms with Crippen molar-refractivity contribution in [3.8, 4) is 0 Å². The fourth-order valence-electron chi connectivity index (χ4n) is 2.49. The van der Waals surface area contributed by atoms with E-state index in [1.54, 1.807) is 0 Å². The minimum Gasteiger partial charge on any atom is -0.314 e. The van der Waals surface area contributed by atoms with Crippen molar-refractivity contribution in [1.82, 2.24) is 10.3 Å². The number of hydrogen-bond donors (Lipinski definition) is 1. The minimum absolute atomic E-state index is 0.176. The van der Waals surface area contributed by atoms with Gasteiger partial charge in [-0.1, -0.05) is 34.6 Å². The molecule has 2 rings (SSSR count). The van der Waals surface area contributed by atoms with E-state index in [0.29, 0.717) is 6.04 Å². The molecule has 102 valence electrons. The zero-order chi connectivity index (χ0) is 13.3. The molecule has 1 aliphatic carbocycles. The largest absolute Gasteiger partial charge is 0.314 e. The summed E-state index contributed by atoms with van der Waals surface area (Å²) >= 11 is 1.83. The fraction of sp³-hybridized carbons (Fsp3) is 0.800. The van der Waals surface area contributed by atoms with Gasteiger partial charge in [-0.2, -0.15) is 0 Å². The molecule has 1 saturated carbocycles. The van der Waals surface area contributed by atoms with Gasteiger partial charge >= 0.3 is 0 Å². The van der Waals surface area contributed by atoms with Crippen LogP contribution in [0.15, 0.2) is 5.38 Å². The molecule has 0 bridgehead atoms. The lowest BCUT2D eigenvalue weighted by molar-refractivity contribution is 0.452. The van der Waals surface area contributed by atoms with E-state index in [1.807, 2.05) is 11.3 Å². The summed E-state index contributed by atoms with van der Waals surface area (Å²) in [6, 6.07) is 0.629. The normalized spacial score (nSPS) is 25.2. The van der Waals surface area contributed by atoms with Gasteiger partial charge in [0.05, 0.1) is 10.7 Å². The van der Waals surface area contributed by atoms with Crippen LogP contribution in [0.1, 0.15) is 51.7 Å². The van der Waals surface area contributed by atoms with Crippen LogP contribution in [-0.2, 0) is 11.8 Å². The van der Waals surface area contributed by atoms with Crippen LogP contribution in [0.2, 0.25) is 0 Å². The van der Waals surface area contributed by atoms with Gasteiger partial charge in [0.15, 0.2) is 0 Å². The fourth-order valence-corrected chi connectivity index (χ4v) is 3.57. The maximum absolute atomic E-state index is 4.82. The first-order valence-corrected chi connectivity index (χ1v) is 7.98. The Morgan fingerprint density at radius 2 is 2.17 bits per heavy atom. The van der Waals surface area contributed by atoms with Crippen LogP contribution in [-0.4, -0.2) is 17.6 Å². The summed E-state index contributed by atoms with van der Waals surface area (Å²) in [4.78, 5) is 4.82. The number of nitrogens with one attached hydrogen (secondary N) is 1. The van der Waals surface area contributed by atoms with Gasteiger partial charge in [0, 0.05) is 23.3 Å². The van der Waals surface area contributed by atoms with Gasteiger partial charge in [-0.05, 0) is 24.8 Å². The van der Waals surface area contributed by atoms with Crippen LogP contribution in [0.4, 0.5) is 0 Å². The van der Waals surface area contributed by atoms with Crippen LogP contribution in [0.3, 0.4) is 0 Å². The van der Waals surface area contributed by atoms with E-state index in [9.17, 15) is 0 Å². The summed E-state index contributed by atoms with van der Waals surface area (Å²) in [7, 11) is 0. The Labute approximate surface area is 115 Å². The molecule has 0 radical (unpaired) electrons. The summed E-state index contributed by atoms with van der Waals surface area (Å²) in [5, 5.41) is 7.17. The number of hydrogen-bond acceptors (Lipinski definition) is 3. The third-order valence-corrected chi connectivity index (χ3v) is 4.74. The van der Waals surface area contributed by atoms with E-state index in [2.05, 4.69) is 45.3 Å². The monoisotopic (exact) mass is 266 g/mol. The summed E-state index contributed by atoms with van der Waals surface area (Å²) in [5.74, 6) is 1.77. The third kappa shape index (κ3) is 3.33. The van der Waals surface area contributed by atoms with E-state index in [-0.39, 0.29) is 5.41 Å². The highest BCUT2D eigenvalue weighted by Crippen LogP contribution is 2.41. The molecule has 1 N–H and O–H groups in total. The quantitative estimate of drug-likeness (QED) is 0.880. The summed E-state index contributed by atoms with van der Waals surface area (Å²) in [6.45, 7) is 12.3. The predicted octanol–water partition coefficient (Wildman–Crippen LogP) is 3.62. The van der Waals surface area contributed by atoms with Gasteiger partial charge in [0.1, 0.15) is 0 Å². The molecule has 1 aromatic heterocycles.